The van der Waals surface area contributed by atoms with Crippen molar-refractivity contribution in [1.29, 1.82) is 0 Å². The van der Waals surface area contributed by atoms with Gasteiger partial charge in [-0.1, -0.05) is 12.1 Å². The van der Waals surface area contributed by atoms with Gasteiger partial charge in [0.2, 0.25) is 0 Å². The molecule has 0 radical (unpaired) electrons. The van der Waals surface area contributed by atoms with Gasteiger partial charge in [-0.05, 0) is 52.9 Å². The predicted octanol–water partition coefficient (Wildman–Crippen LogP) is 4.08. The van der Waals surface area contributed by atoms with Crippen molar-refractivity contribution in [3.05, 3.63) is 54.5 Å². The van der Waals surface area contributed by atoms with E-state index in [1.807, 2.05) is 36.4 Å². The van der Waals surface area contributed by atoms with Crippen LogP contribution in [0.25, 0.3) is 22.3 Å². The molecule has 0 bridgehead atoms. The third-order valence-corrected chi connectivity index (χ3v) is 3.76. The zero-order valence-corrected chi connectivity index (χ0v) is 12.2. The van der Waals surface area contributed by atoms with Crippen LogP contribution in [0.3, 0.4) is 0 Å². The average molecular weight is 296 g/mol. The number of ether oxygens (including phenoxy) is 1. The van der Waals surface area contributed by atoms with Gasteiger partial charge in [-0.15, -0.1) is 0 Å². The van der Waals surface area contributed by atoms with Gasteiger partial charge >= 0.3 is 5.97 Å². The van der Waals surface area contributed by atoms with E-state index in [9.17, 15) is 4.79 Å². The molecule has 0 saturated heterocycles. The number of carbonyl (C=O) groups is 1. The second kappa shape index (κ2) is 5.93. The number of hydrogen-bond donors (Lipinski definition) is 1. The Morgan fingerprint density at radius 3 is 2.59 bits per heavy atom. The molecule has 1 aliphatic heterocycles. The summed E-state index contributed by atoms with van der Waals surface area (Å²) in [5.74, 6) is -0.00223. The van der Waals surface area contributed by atoms with Crippen LogP contribution in [0.4, 0.5) is 0 Å². The first-order valence-corrected chi connectivity index (χ1v) is 7.03. The Kier molecular flexibility index (Phi) is 3.83. The highest BCUT2D eigenvalue weighted by molar-refractivity contribution is 5.85. The fourth-order valence-electron chi connectivity index (χ4n) is 2.68. The summed E-state index contributed by atoms with van der Waals surface area (Å²) in [4.78, 5) is 10.9. The first-order valence-electron chi connectivity index (χ1n) is 7.03. The van der Waals surface area contributed by atoms with Gasteiger partial charge in [-0.2, -0.15) is 0 Å². The first kappa shape index (κ1) is 14.2. The van der Waals surface area contributed by atoms with Gasteiger partial charge in [0.05, 0.1) is 19.6 Å². The molecule has 1 aliphatic carbocycles. The molecular formula is C18H16O4. The van der Waals surface area contributed by atoms with Gasteiger partial charge < -0.3 is 14.3 Å². The van der Waals surface area contributed by atoms with Crippen LogP contribution in [0, 0.1) is 0 Å². The minimum atomic E-state index is -0.796. The summed E-state index contributed by atoms with van der Waals surface area (Å²) in [5.41, 5.74) is 5.14. The maximum Gasteiger partial charge on any atom is 0.303 e. The van der Waals surface area contributed by atoms with Gasteiger partial charge in [0, 0.05) is 12.0 Å². The second-order valence-corrected chi connectivity index (χ2v) is 5.08. The summed E-state index contributed by atoms with van der Waals surface area (Å²) >= 11 is 0. The van der Waals surface area contributed by atoms with E-state index in [-0.39, 0.29) is 6.42 Å². The summed E-state index contributed by atoms with van der Waals surface area (Å²) in [7, 11) is 1.63. The Bertz CT molecular complexity index is 755. The van der Waals surface area contributed by atoms with Crippen LogP contribution in [0.1, 0.15) is 12.0 Å². The van der Waals surface area contributed by atoms with Crippen LogP contribution in [-0.4, -0.2) is 18.2 Å². The molecule has 0 spiro atoms. The number of aliphatic carboxylic acids is 1. The van der Waals surface area contributed by atoms with Crippen LogP contribution in [0.2, 0.25) is 0 Å². The highest BCUT2D eigenvalue weighted by Gasteiger charge is 2.18. The number of methoxy groups -OCH3 is 1. The van der Waals surface area contributed by atoms with Crippen LogP contribution >= 0.6 is 0 Å². The molecule has 0 saturated carbocycles. The predicted molar refractivity (Wildman–Crippen MR) is 83.3 cm³/mol. The summed E-state index contributed by atoms with van der Waals surface area (Å²) in [5, 5.41) is 8.98. The normalized spacial score (nSPS) is 10.8. The van der Waals surface area contributed by atoms with Crippen LogP contribution in [0.5, 0.6) is 5.75 Å². The van der Waals surface area contributed by atoms with Crippen LogP contribution < -0.4 is 4.74 Å². The number of carboxylic acid groups (broad SMARTS) is 1. The van der Waals surface area contributed by atoms with Gasteiger partial charge in [0.15, 0.2) is 0 Å². The third kappa shape index (κ3) is 2.68. The Morgan fingerprint density at radius 1 is 1.14 bits per heavy atom. The summed E-state index contributed by atoms with van der Waals surface area (Å²) in [6, 6.07) is 11.7. The van der Waals surface area contributed by atoms with Crippen LogP contribution in [0.15, 0.2) is 53.3 Å². The fraction of sp³-hybridized carbons (Fsp3) is 0.167. The highest BCUT2D eigenvalue weighted by Crippen LogP contribution is 2.39. The van der Waals surface area contributed by atoms with Crippen LogP contribution in [-0.2, 0) is 11.2 Å². The number of carboxylic acids is 1. The van der Waals surface area contributed by atoms with Gasteiger partial charge in [-0.25, -0.2) is 0 Å². The molecule has 0 amide bonds. The second-order valence-electron chi connectivity index (χ2n) is 5.08. The highest BCUT2D eigenvalue weighted by atomic mass is 16.5. The van der Waals surface area contributed by atoms with E-state index < -0.39 is 5.97 Å². The quantitative estimate of drug-likeness (QED) is 0.770. The maximum absolute atomic E-state index is 10.9. The molecule has 2 aliphatic rings. The lowest BCUT2D eigenvalue weighted by molar-refractivity contribution is -0.136. The maximum atomic E-state index is 10.9. The molecule has 0 unspecified atom stereocenters. The monoisotopic (exact) mass is 296 g/mol. The average Bonchev–Trinajstić information content (AvgIpc) is 2.91. The van der Waals surface area contributed by atoms with Crippen molar-refractivity contribution in [1.82, 2.24) is 0 Å². The smallest absolute Gasteiger partial charge is 0.303 e. The lowest BCUT2D eigenvalue weighted by Crippen LogP contribution is -1.98. The molecule has 1 aromatic carbocycles. The van der Waals surface area contributed by atoms with E-state index in [2.05, 4.69) is 0 Å². The molecule has 1 N–H and O–H groups in total. The minimum Gasteiger partial charge on any atom is -0.497 e. The number of hydrogen-bond acceptors (Lipinski definition) is 3. The van der Waals surface area contributed by atoms with Crippen molar-refractivity contribution in [3.63, 3.8) is 0 Å². The molecule has 0 aromatic heterocycles. The lowest BCUT2D eigenvalue weighted by atomic mass is 9.99. The largest absolute Gasteiger partial charge is 0.497 e. The Labute approximate surface area is 128 Å². The van der Waals surface area contributed by atoms with E-state index in [0.29, 0.717) is 6.42 Å². The van der Waals surface area contributed by atoms with Crippen molar-refractivity contribution < 1.29 is 19.1 Å². The van der Waals surface area contributed by atoms with E-state index in [4.69, 9.17) is 14.3 Å². The zero-order valence-electron chi connectivity index (χ0n) is 12.2. The van der Waals surface area contributed by atoms with E-state index in [1.54, 1.807) is 19.6 Å². The number of benzene rings is 1. The van der Waals surface area contributed by atoms with E-state index >= 15 is 0 Å². The third-order valence-electron chi connectivity index (χ3n) is 3.76. The molecule has 0 atom stereocenters. The molecule has 0 fully saturated rings. The van der Waals surface area contributed by atoms with Crippen molar-refractivity contribution in [2.24, 2.45) is 0 Å². The van der Waals surface area contributed by atoms with Gasteiger partial charge in [-0.3, -0.25) is 4.79 Å². The molecule has 4 nitrogen and oxygen atoms in total. The molecule has 4 heteroatoms. The molecule has 1 heterocycles. The molecule has 1 aromatic rings. The zero-order chi connectivity index (χ0) is 15.5. The van der Waals surface area contributed by atoms with E-state index in [0.717, 1.165) is 33.6 Å². The Morgan fingerprint density at radius 2 is 1.91 bits per heavy atom. The van der Waals surface area contributed by atoms with Crippen molar-refractivity contribution >= 4 is 5.97 Å². The van der Waals surface area contributed by atoms with E-state index in [1.165, 1.54) is 0 Å². The Hall–Kier alpha value is -2.75. The SMILES string of the molecule is COc1ccc(-c2cc3coccc-3c2CCC(=O)O)cc1. The molecule has 22 heavy (non-hydrogen) atoms. The number of fused-ring (bicyclic) bond motifs is 1. The summed E-state index contributed by atoms with van der Waals surface area (Å²) < 4.78 is 10.4. The van der Waals surface area contributed by atoms with Gasteiger partial charge in [0.1, 0.15) is 5.75 Å². The fourth-order valence-corrected chi connectivity index (χ4v) is 2.68. The summed E-state index contributed by atoms with van der Waals surface area (Å²) in [6.07, 6.45) is 3.90. The van der Waals surface area contributed by atoms with Crippen molar-refractivity contribution in [2.75, 3.05) is 7.11 Å². The topological polar surface area (TPSA) is 59.7 Å². The molecular weight excluding hydrogens is 280 g/mol. The lowest BCUT2D eigenvalue weighted by Gasteiger charge is -2.07. The van der Waals surface area contributed by atoms with Crippen molar-refractivity contribution in [3.8, 4) is 28.0 Å². The standard InChI is InChI=1S/C18H16O4/c1-21-14-4-2-12(3-5-14)17-10-13-11-22-9-8-15(13)16(17)6-7-18(19)20/h2-5,8-11H,6-7H2,1H3,(H,19,20). The number of rotatable bonds is 5. The molecule has 112 valence electrons. The first-order chi connectivity index (χ1) is 10.7. The Balaban J connectivity index is 2.08. The van der Waals surface area contributed by atoms with Crippen molar-refractivity contribution in [2.45, 2.75) is 12.8 Å². The molecule has 3 rings (SSSR count). The van der Waals surface area contributed by atoms with Gasteiger partial charge in [0.25, 0.3) is 0 Å². The summed E-state index contributed by atoms with van der Waals surface area (Å²) in [6.45, 7) is 0. The minimum absolute atomic E-state index is 0.105.